The van der Waals surface area contributed by atoms with Crippen molar-refractivity contribution in [3.05, 3.63) is 58.0 Å². The van der Waals surface area contributed by atoms with Crippen molar-refractivity contribution in [2.24, 2.45) is 0 Å². The first-order valence-corrected chi connectivity index (χ1v) is 4.99. The number of hydrogen-bond acceptors (Lipinski definition) is 2. The molecule has 0 bridgehead atoms. The number of aromatic nitrogens is 2. The molecule has 16 heavy (non-hydrogen) atoms. The molecule has 1 aromatic heterocycles. The van der Waals surface area contributed by atoms with Gasteiger partial charge in [-0.2, -0.15) is 0 Å². The summed E-state index contributed by atoms with van der Waals surface area (Å²) in [5.74, 6) is 0. The monoisotopic (exact) mass is 216 g/mol. The van der Waals surface area contributed by atoms with E-state index in [2.05, 4.69) is 0 Å². The van der Waals surface area contributed by atoms with Crippen molar-refractivity contribution in [3.8, 4) is 11.3 Å². The Kier molecular flexibility index (Phi) is 2.48. The van der Waals surface area contributed by atoms with Crippen molar-refractivity contribution >= 4 is 0 Å². The molecule has 0 N–H and O–H groups in total. The van der Waals surface area contributed by atoms with E-state index in [9.17, 15) is 10.1 Å². The number of rotatable bonds is 1. The Morgan fingerprint density at radius 2 is 1.81 bits per heavy atom. The minimum atomic E-state index is 0.374. The molecular weight excluding hydrogens is 204 g/mol. The fraction of sp³-hybridized carbons (Fsp3) is 0.167. The SMILES string of the molecule is Cc1c(C)[n+](=O)cc(-c2ccccc2)n1[O-]. The standard InChI is InChI=1S/C12H12N2O2/c1-9-10(2)14(16)12(8-13(9)15)11-6-4-3-5-7-11/h3-8H,1-2H3. The van der Waals surface area contributed by atoms with Crippen LogP contribution in [0.2, 0.25) is 0 Å². The maximum absolute atomic E-state index is 11.9. The van der Waals surface area contributed by atoms with Gasteiger partial charge in [-0.1, -0.05) is 30.3 Å². The summed E-state index contributed by atoms with van der Waals surface area (Å²) in [6.07, 6.45) is 1.31. The van der Waals surface area contributed by atoms with Crippen LogP contribution in [-0.2, 0) is 0 Å². The molecule has 0 unspecified atom stereocenters. The van der Waals surface area contributed by atoms with Crippen LogP contribution in [-0.4, -0.2) is 4.73 Å². The maximum atomic E-state index is 11.9. The Morgan fingerprint density at radius 1 is 1.19 bits per heavy atom. The summed E-state index contributed by atoms with van der Waals surface area (Å²) >= 11 is 0. The van der Waals surface area contributed by atoms with Gasteiger partial charge in [0.25, 0.3) is 11.9 Å². The zero-order chi connectivity index (χ0) is 11.7. The highest BCUT2D eigenvalue weighted by Gasteiger charge is 2.12. The molecule has 0 aliphatic rings. The lowest BCUT2D eigenvalue weighted by atomic mass is 10.1. The minimum Gasteiger partial charge on any atom is -0.805 e. The van der Waals surface area contributed by atoms with Gasteiger partial charge >= 0.3 is 0 Å². The van der Waals surface area contributed by atoms with Crippen molar-refractivity contribution in [1.82, 2.24) is 4.73 Å². The molecule has 4 nitrogen and oxygen atoms in total. The fourth-order valence-corrected chi connectivity index (χ4v) is 1.55. The molecule has 0 radical (unpaired) electrons. The Hall–Kier alpha value is -2.10. The third-order valence-electron chi connectivity index (χ3n) is 2.69. The van der Waals surface area contributed by atoms with Crippen LogP contribution < -0.4 is 4.43 Å². The van der Waals surface area contributed by atoms with Crippen LogP contribution >= 0.6 is 0 Å². The molecule has 0 saturated heterocycles. The zero-order valence-electron chi connectivity index (χ0n) is 9.18. The smallest absolute Gasteiger partial charge is 0.255 e. The first kappa shape index (κ1) is 10.4. The van der Waals surface area contributed by atoms with E-state index in [0.29, 0.717) is 17.1 Å². The van der Waals surface area contributed by atoms with Gasteiger partial charge in [-0.3, -0.25) is 0 Å². The molecule has 0 fully saturated rings. The highest BCUT2D eigenvalue weighted by atomic mass is 16.5. The van der Waals surface area contributed by atoms with Gasteiger partial charge in [0.05, 0.1) is 10.1 Å². The normalized spacial score (nSPS) is 10.4. The quantitative estimate of drug-likeness (QED) is 0.685. The van der Waals surface area contributed by atoms with Crippen LogP contribution in [0.1, 0.15) is 11.4 Å². The van der Waals surface area contributed by atoms with E-state index in [4.69, 9.17) is 0 Å². The summed E-state index contributed by atoms with van der Waals surface area (Å²) in [5, 5.41) is 11.9. The van der Waals surface area contributed by atoms with Gasteiger partial charge in [-0.05, 0) is 6.92 Å². The number of nitrogens with zero attached hydrogens (tertiary/aromatic N) is 2. The Bertz CT molecular complexity index is 574. The van der Waals surface area contributed by atoms with Gasteiger partial charge in [0.15, 0.2) is 0 Å². The molecule has 2 rings (SSSR count). The molecule has 1 aromatic carbocycles. The van der Waals surface area contributed by atoms with E-state index in [0.717, 1.165) is 14.7 Å². The predicted octanol–water partition coefficient (Wildman–Crippen LogP) is 2.03. The Morgan fingerprint density at radius 3 is 2.44 bits per heavy atom. The van der Waals surface area contributed by atoms with Crippen LogP contribution in [0.15, 0.2) is 36.5 Å². The van der Waals surface area contributed by atoms with Crippen molar-refractivity contribution in [2.45, 2.75) is 13.8 Å². The second kappa shape index (κ2) is 3.81. The third kappa shape index (κ3) is 1.58. The van der Waals surface area contributed by atoms with Crippen molar-refractivity contribution in [2.75, 3.05) is 0 Å². The largest absolute Gasteiger partial charge is 0.805 e. The number of hydrogen-bond donors (Lipinski definition) is 0. The molecular formula is C12H12N2O2. The van der Waals surface area contributed by atoms with Crippen molar-refractivity contribution < 1.29 is 4.43 Å². The fourth-order valence-electron chi connectivity index (χ4n) is 1.55. The van der Waals surface area contributed by atoms with Crippen LogP contribution in [0.5, 0.6) is 0 Å². The average Bonchev–Trinajstić information content (AvgIpc) is 2.32. The second-order valence-corrected chi connectivity index (χ2v) is 3.67. The van der Waals surface area contributed by atoms with Crippen LogP contribution in [0, 0.1) is 24.0 Å². The Labute approximate surface area is 93.0 Å². The van der Waals surface area contributed by atoms with E-state index in [-0.39, 0.29) is 0 Å². The molecule has 0 spiro atoms. The van der Waals surface area contributed by atoms with Gasteiger partial charge in [0.1, 0.15) is 5.69 Å². The summed E-state index contributed by atoms with van der Waals surface area (Å²) < 4.78 is 1.52. The molecule has 0 atom stereocenters. The molecule has 0 amide bonds. The summed E-state index contributed by atoms with van der Waals surface area (Å²) in [5.41, 5.74) is 1.97. The van der Waals surface area contributed by atoms with E-state index in [1.807, 2.05) is 18.2 Å². The van der Waals surface area contributed by atoms with Crippen LogP contribution in [0.4, 0.5) is 0 Å². The maximum Gasteiger partial charge on any atom is 0.255 e. The highest BCUT2D eigenvalue weighted by molar-refractivity contribution is 5.58. The molecule has 0 aliphatic heterocycles. The van der Waals surface area contributed by atoms with E-state index < -0.39 is 0 Å². The summed E-state index contributed by atoms with van der Waals surface area (Å²) in [6.45, 7) is 3.27. The van der Waals surface area contributed by atoms with Crippen molar-refractivity contribution in [1.29, 1.82) is 0 Å². The molecule has 4 heteroatoms. The minimum absolute atomic E-state index is 0.374. The lowest BCUT2D eigenvalue weighted by Gasteiger charge is -2.18. The molecule has 0 saturated carbocycles. The van der Waals surface area contributed by atoms with Crippen LogP contribution in [0.3, 0.4) is 0 Å². The van der Waals surface area contributed by atoms with Crippen LogP contribution in [0.25, 0.3) is 11.3 Å². The average molecular weight is 216 g/mol. The van der Waals surface area contributed by atoms with E-state index in [1.54, 1.807) is 26.0 Å². The van der Waals surface area contributed by atoms with E-state index >= 15 is 0 Å². The van der Waals surface area contributed by atoms with Gasteiger partial charge < -0.3 is 9.94 Å². The lowest BCUT2D eigenvalue weighted by molar-refractivity contribution is -0.503. The first-order chi connectivity index (χ1) is 7.61. The van der Waals surface area contributed by atoms with Crippen molar-refractivity contribution in [3.63, 3.8) is 0 Å². The molecule has 0 aliphatic carbocycles. The number of benzene rings is 1. The van der Waals surface area contributed by atoms with Gasteiger partial charge in [-0.25, -0.2) is 0 Å². The van der Waals surface area contributed by atoms with E-state index in [1.165, 1.54) is 6.20 Å². The summed E-state index contributed by atoms with van der Waals surface area (Å²) in [7, 11) is 0. The predicted molar refractivity (Wildman–Crippen MR) is 61.5 cm³/mol. The van der Waals surface area contributed by atoms with Gasteiger partial charge in [0.2, 0.25) is 0 Å². The Balaban J connectivity index is 2.73. The third-order valence-corrected chi connectivity index (χ3v) is 2.69. The first-order valence-electron chi connectivity index (χ1n) is 4.99. The highest BCUT2D eigenvalue weighted by Crippen LogP contribution is 2.18. The zero-order valence-corrected chi connectivity index (χ0v) is 9.18. The summed E-state index contributed by atoms with van der Waals surface area (Å²) in [4.78, 5) is 11.6. The molecule has 1 heterocycles. The summed E-state index contributed by atoms with van der Waals surface area (Å²) in [6, 6.07) is 9.14. The molecule has 2 aromatic rings. The van der Waals surface area contributed by atoms with Gasteiger partial charge in [0, 0.05) is 17.4 Å². The lowest BCUT2D eigenvalue weighted by Crippen LogP contribution is -2.23. The second-order valence-electron chi connectivity index (χ2n) is 3.67. The van der Waals surface area contributed by atoms with Gasteiger partial charge in [-0.15, -0.1) is 0 Å². The topological polar surface area (TPSA) is 51.0 Å². The molecule has 82 valence electrons.